The standard InChI is InChI=1S/C21H22N2O6S/c24-21(10-4-15-3-9-19-20(12-15)29-14-28-19)23-16-5-7-18(8-6-16)30(25,26)22-13-17-2-1-11-27-17/h3-10,12,17,22H,1-2,11,13-14H2,(H,23,24)/b10-4+/t17-/m1/s1. The van der Waals surface area contributed by atoms with Crippen LogP contribution < -0.4 is 19.5 Å². The molecule has 0 bridgehead atoms. The molecule has 1 amide bonds. The zero-order valence-corrected chi connectivity index (χ0v) is 17.0. The summed E-state index contributed by atoms with van der Waals surface area (Å²) in [6.45, 7) is 1.12. The van der Waals surface area contributed by atoms with Gasteiger partial charge in [0.25, 0.3) is 0 Å². The van der Waals surface area contributed by atoms with E-state index in [0.717, 1.165) is 18.4 Å². The van der Waals surface area contributed by atoms with E-state index in [9.17, 15) is 13.2 Å². The number of amides is 1. The third kappa shape index (κ3) is 4.99. The van der Waals surface area contributed by atoms with E-state index in [1.165, 1.54) is 18.2 Å². The Morgan fingerprint density at radius 2 is 1.90 bits per heavy atom. The van der Waals surface area contributed by atoms with Crippen molar-refractivity contribution >= 4 is 27.7 Å². The second-order valence-electron chi connectivity index (χ2n) is 6.95. The van der Waals surface area contributed by atoms with E-state index in [1.54, 1.807) is 30.3 Å². The van der Waals surface area contributed by atoms with Gasteiger partial charge in [0.15, 0.2) is 11.5 Å². The van der Waals surface area contributed by atoms with Crippen LogP contribution in [0.25, 0.3) is 6.08 Å². The van der Waals surface area contributed by atoms with E-state index in [4.69, 9.17) is 14.2 Å². The topological polar surface area (TPSA) is 103 Å². The molecule has 2 aliphatic heterocycles. The molecule has 0 saturated carbocycles. The van der Waals surface area contributed by atoms with Crippen molar-refractivity contribution in [2.75, 3.05) is 25.3 Å². The number of hydrogen-bond donors (Lipinski definition) is 2. The number of anilines is 1. The SMILES string of the molecule is O=C(/C=C/c1ccc2c(c1)OCO2)Nc1ccc(S(=O)(=O)NC[C@H]2CCCO2)cc1. The Labute approximate surface area is 174 Å². The molecule has 0 aromatic heterocycles. The van der Waals surface area contributed by atoms with E-state index < -0.39 is 10.0 Å². The fourth-order valence-corrected chi connectivity index (χ4v) is 4.25. The van der Waals surface area contributed by atoms with Gasteiger partial charge < -0.3 is 19.5 Å². The highest BCUT2D eigenvalue weighted by Gasteiger charge is 2.20. The normalized spacial score (nSPS) is 18.1. The highest BCUT2D eigenvalue weighted by molar-refractivity contribution is 7.89. The minimum absolute atomic E-state index is 0.0742. The molecule has 0 unspecified atom stereocenters. The largest absolute Gasteiger partial charge is 0.454 e. The number of ether oxygens (including phenoxy) is 3. The average Bonchev–Trinajstić information content (AvgIpc) is 3.42. The molecule has 1 fully saturated rings. The molecule has 0 aliphatic carbocycles. The third-order valence-electron chi connectivity index (χ3n) is 4.78. The molecule has 2 heterocycles. The molecule has 0 spiro atoms. The Kier molecular flexibility index (Phi) is 6.03. The Hall–Kier alpha value is -2.88. The second kappa shape index (κ2) is 8.86. The number of carbonyl (C=O) groups excluding carboxylic acids is 1. The molecule has 9 heteroatoms. The number of rotatable bonds is 7. The minimum Gasteiger partial charge on any atom is -0.454 e. The van der Waals surface area contributed by atoms with Crippen LogP contribution in [0.15, 0.2) is 53.4 Å². The van der Waals surface area contributed by atoms with E-state index in [0.29, 0.717) is 23.8 Å². The van der Waals surface area contributed by atoms with Crippen LogP contribution in [0.4, 0.5) is 5.69 Å². The van der Waals surface area contributed by atoms with Crippen LogP contribution in [-0.2, 0) is 19.6 Å². The predicted octanol–water partition coefficient (Wildman–Crippen LogP) is 2.52. The van der Waals surface area contributed by atoms with Crippen LogP contribution in [0, 0.1) is 0 Å². The van der Waals surface area contributed by atoms with E-state index in [2.05, 4.69) is 10.0 Å². The molecule has 2 aliphatic rings. The van der Waals surface area contributed by atoms with E-state index in [1.807, 2.05) is 6.07 Å². The van der Waals surface area contributed by atoms with Gasteiger partial charge >= 0.3 is 0 Å². The zero-order chi connectivity index (χ0) is 21.0. The highest BCUT2D eigenvalue weighted by Crippen LogP contribution is 2.32. The first kappa shape index (κ1) is 20.4. The van der Waals surface area contributed by atoms with Crippen molar-refractivity contribution in [3.05, 3.63) is 54.1 Å². The van der Waals surface area contributed by atoms with Crippen molar-refractivity contribution in [1.82, 2.24) is 4.72 Å². The first-order valence-corrected chi connectivity index (χ1v) is 11.1. The third-order valence-corrected chi connectivity index (χ3v) is 6.22. The molecule has 158 valence electrons. The number of benzene rings is 2. The van der Waals surface area contributed by atoms with Crippen LogP contribution in [0.3, 0.4) is 0 Å². The Balaban J connectivity index is 1.32. The van der Waals surface area contributed by atoms with Crippen molar-refractivity contribution in [2.45, 2.75) is 23.8 Å². The van der Waals surface area contributed by atoms with Gasteiger partial charge in [-0.05, 0) is 60.9 Å². The molecule has 4 rings (SSSR count). The molecule has 2 aromatic carbocycles. The Morgan fingerprint density at radius 3 is 2.67 bits per heavy atom. The average molecular weight is 430 g/mol. The number of fused-ring (bicyclic) bond motifs is 1. The highest BCUT2D eigenvalue weighted by atomic mass is 32.2. The van der Waals surface area contributed by atoms with Gasteiger partial charge in [-0.3, -0.25) is 4.79 Å². The van der Waals surface area contributed by atoms with Gasteiger partial charge in [0.1, 0.15) is 0 Å². The van der Waals surface area contributed by atoms with Crippen molar-refractivity contribution in [3.63, 3.8) is 0 Å². The number of sulfonamides is 1. The van der Waals surface area contributed by atoms with E-state index >= 15 is 0 Å². The fourth-order valence-electron chi connectivity index (χ4n) is 3.18. The summed E-state index contributed by atoms with van der Waals surface area (Å²) in [4.78, 5) is 12.3. The summed E-state index contributed by atoms with van der Waals surface area (Å²) >= 11 is 0. The van der Waals surface area contributed by atoms with Gasteiger partial charge in [0.2, 0.25) is 22.7 Å². The lowest BCUT2D eigenvalue weighted by Crippen LogP contribution is -2.31. The summed E-state index contributed by atoms with van der Waals surface area (Å²) in [6.07, 6.45) is 4.78. The summed E-state index contributed by atoms with van der Waals surface area (Å²) < 4.78 is 43.3. The summed E-state index contributed by atoms with van der Waals surface area (Å²) in [5.74, 6) is 0.985. The van der Waals surface area contributed by atoms with Crippen molar-refractivity contribution < 1.29 is 27.4 Å². The summed E-state index contributed by atoms with van der Waals surface area (Å²) in [6, 6.07) is 11.4. The van der Waals surface area contributed by atoms with Gasteiger partial charge in [0.05, 0.1) is 11.0 Å². The maximum atomic E-state index is 12.4. The summed E-state index contributed by atoms with van der Waals surface area (Å²) in [7, 11) is -3.62. The molecule has 2 aromatic rings. The number of hydrogen-bond acceptors (Lipinski definition) is 6. The quantitative estimate of drug-likeness (QED) is 0.655. The van der Waals surface area contributed by atoms with E-state index in [-0.39, 0.29) is 30.2 Å². The predicted molar refractivity (Wildman–Crippen MR) is 111 cm³/mol. The molecule has 8 nitrogen and oxygen atoms in total. The molecule has 1 atom stereocenters. The molecule has 2 N–H and O–H groups in total. The molecular weight excluding hydrogens is 408 g/mol. The van der Waals surface area contributed by atoms with Gasteiger partial charge in [0, 0.05) is 24.9 Å². The molecule has 0 radical (unpaired) electrons. The Morgan fingerprint density at radius 1 is 1.10 bits per heavy atom. The van der Waals surface area contributed by atoms with Crippen molar-refractivity contribution in [3.8, 4) is 11.5 Å². The zero-order valence-electron chi connectivity index (χ0n) is 16.2. The maximum absolute atomic E-state index is 12.4. The van der Waals surface area contributed by atoms with Crippen LogP contribution in [-0.4, -0.2) is 40.4 Å². The fraction of sp³-hybridized carbons (Fsp3) is 0.286. The number of nitrogens with one attached hydrogen (secondary N) is 2. The lowest BCUT2D eigenvalue weighted by molar-refractivity contribution is -0.111. The van der Waals surface area contributed by atoms with Gasteiger partial charge in [-0.1, -0.05) is 6.07 Å². The minimum atomic E-state index is -3.62. The van der Waals surface area contributed by atoms with Crippen LogP contribution in [0.2, 0.25) is 0 Å². The first-order valence-electron chi connectivity index (χ1n) is 9.60. The van der Waals surface area contributed by atoms with Crippen molar-refractivity contribution in [2.24, 2.45) is 0 Å². The van der Waals surface area contributed by atoms with Crippen LogP contribution in [0.1, 0.15) is 18.4 Å². The van der Waals surface area contributed by atoms with Gasteiger partial charge in [-0.15, -0.1) is 0 Å². The van der Waals surface area contributed by atoms with Gasteiger partial charge in [-0.25, -0.2) is 13.1 Å². The van der Waals surface area contributed by atoms with Crippen molar-refractivity contribution in [1.29, 1.82) is 0 Å². The van der Waals surface area contributed by atoms with Crippen LogP contribution >= 0.6 is 0 Å². The molecule has 30 heavy (non-hydrogen) atoms. The van der Waals surface area contributed by atoms with Crippen LogP contribution in [0.5, 0.6) is 11.5 Å². The number of carbonyl (C=O) groups is 1. The molecule has 1 saturated heterocycles. The monoisotopic (exact) mass is 430 g/mol. The first-order chi connectivity index (χ1) is 14.5. The lowest BCUT2D eigenvalue weighted by Gasteiger charge is -2.11. The maximum Gasteiger partial charge on any atom is 0.248 e. The summed E-state index contributed by atoms with van der Waals surface area (Å²) in [5.41, 5.74) is 1.29. The smallest absolute Gasteiger partial charge is 0.248 e. The molecular formula is C21H22N2O6S. The van der Waals surface area contributed by atoms with Gasteiger partial charge in [-0.2, -0.15) is 0 Å². The Bertz CT molecular complexity index is 1040. The lowest BCUT2D eigenvalue weighted by atomic mass is 10.2. The summed E-state index contributed by atoms with van der Waals surface area (Å²) in [5, 5.41) is 2.70. The second-order valence-corrected chi connectivity index (χ2v) is 8.71.